The SMILES string of the molecule is Cc1ccc(C(=O)C2CCN(C(=O)c3ccc(C(=O)CC4CCN(Cc5ccc(C(=O)N(C)C)cc5)CC4)cn3)CC2)cc1. The van der Waals surface area contributed by atoms with E-state index < -0.39 is 0 Å². The average molecular weight is 595 g/mol. The maximum absolute atomic E-state index is 13.1. The Labute approximate surface area is 260 Å². The minimum absolute atomic E-state index is 0.00194. The lowest BCUT2D eigenvalue weighted by molar-refractivity contribution is 0.0645. The first-order chi connectivity index (χ1) is 21.2. The average Bonchev–Trinajstić information content (AvgIpc) is 3.05. The maximum Gasteiger partial charge on any atom is 0.272 e. The predicted molar refractivity (Wildman–Crippen MR) is 170 cm³/mol. The molecular weight excluding hydrogens is 552 g/mol. The van der Waals surface area contributed by atoms with Gasteiger partial charge in [0.25, 0.3) is 11.8 Å². The molecule has 2 saturated heterocycles. The number of aryl methyl sites for hydroxylation is 1. The zero-order valence-corrected chi connectivity index (χ0v) is 26.0. The summed E-state index contributed by atoms with van der Waals surface area (Å²) < 4.78 is 0. The number of ketones is 2. The lowest BCUT2D eigenvalue weighted by atomic mass is 9.88. The first-order valence-corrected chi connectivity index (χ1v) is 15.6. The summed E-state index contributed by atoms with van der Waals surface area (Å²) in [5, 5.41) is 0. The number of piperidine rings is 2. The molecule has 0 unspecified atom stereocenters. The second-order valence-electron chi connectivity index (χ2n) is 12.5. The van der Waals surface area contributed by atoms with Crippen LogP contribution in [-0.4, -0.2) is 83.3 Å². The van der Waals surface area contributed by atoms with Crippen molar-refractivity contribution in [2.24, 2.45) is 11.8 Å². The Morgan fingerprint density at radius 1 is 0.773 bits per heavy atom. The second-order valence-corrected chi connectivity index (χ2v) is 12.5. The topological polar surface area (TPSA) is 90.9 Å². The van der Waals surface area contributed by atoms with Gasteiger partial charge in [-0.2, -0.15) is 0 Å². The monoisotopic (exact) mass is 594 g/mol. The molecule has 2 amide bonds. The second kappa shape index (κ2) is 14.1. The van der Waals surface area contributed by atoms with E-state index in [-0.39, 0.29) is 29.3 Å². The van der Waals surface area contributed by atoms with Crippen molar-refractivity contribution in [1.82, 2.24) is 19.7 Å². The van der Waals surface area contributed by atoms with E-state index in [1.807, 2.05) is 55.5 Å². The van der Waals surface area contributed by atoms with E-state index in [0.29, 0.717) is 55.1 Å². The molecule has 0 saturated carbocycles. The highest BCUT2D eigenvalue weighted by atomic mass is 16.2. The molecule has 1 aromatic heterocycles. The number of likely N-dealkylation sites (tertiary alicyclic amines) is 2. The fraction of sp³-hybridized carbons (Fsp3) is 0.417. The van der Waals surface area contributed by atoms with E-state index in [9.17, 15) is 19.2 Å². The van der Waals surface area contributed by atoms with Gasteiger partial charge in [-0.3, -0.25) is 29.1 Å². The Bertz CT molecular complexity index is 1470. The minimum Gasteiger partial charge on any atom is -0.345 e. The molecule has 230 valence electrons. The molecule has 3 heterocycles. The van der Waals surface area contributed by atoms with E-state index in [1.165, 1.54) is 11.8 Å². The molecule has 2 fully saturated rings. The van der Waals surface area contributed by atoms with Crippen LogP contribution in [-0.2, 0) is 6.54 Å². The van der Waals surface area contributed by atoms with Crippen LogP contribution in [0.3, 0.4) is 0 Å². The zero-order valence-electron chi connectivity index (χ0n) is 26.0. The van der Waals surface area contributed by atoms with Gasteiger partial charge in [0, 0.05) is 69.0 Å². The van der Waals surface area contributed by atoms with E-state index >= 15 is 0 Å². The summed E-state index contributed by atoms with van der Waals surface area (Å²) in [4.78, 5) is 61.2. The van der Waals surface area contributed by atoms with Gasteiger partial charge in [-0.1, -0.05) is 42.0 Å². The lowest BCUT2D eigenvalue weighted by Crippen LogP contribution is -2.40. The van der Waals surface area contributed by atoms with Crippen molar-refractivity contribution in [2.75, 3.05) is 40.3 Å². The van der Waals surface area contributed by atoms with Gasteiger partial charge in [0.05, 0.1) is 0 Å². The molecule has 0 spiro atoms. The van der Waals surface area contributed by atoms with Gasteiger partial charge < -0.3 is 9.80 Å². The number of benzene rings is 2. The molecule has 8 heteroatoms. The number of hydrogen-bond donors (Lipinski definition) is 0. The molecule has 2 aliphatic rings. The van der Waals surface area contributed by atoms with Crippen molar-refractivity contribution < 1.29 is 19.2 Å². The number of carbonyl (C=O) groups excluding carboxylic acids is 4. The lowest BCUT2D eigenvalue weighted by Gasteiger charge is -2.31. The molecule has 8 nitrogen and oxygen atoms in total. The number of carbonyl (C=O) groups is 4. The van der Waals surface area contributed by atoms with Crippen molar-refractivity contribution in [3.63, 3.8) is 0 Å². The molecule has 0 N–H and O–H groups in total. The largest absolute Gasteiger partial charge is 0.345 e. The Hall–Kier alpha value is -4.17. The Kier molecular flexibility index (Phi) is 10.0. The van der Waals surface area contributed by atoms with Crippen LogP contribution in [0.15, 0.2) is 66.9 Å². The molecule has 0 bridgehead atoms. The predicted octanol–water partition coefficient (Wildman–Crippen LogP) is 5.31. The maximum atomic E-state index is 13.1. The van der Waals surface area contributed by atoms with Crippen LogP contribution in [0.4, 0.5) is 0 Å². The van der Waals surface area contributed by atoms with E-state index in [4.69, 9.17) is 0 Å². The van der Waals surface area contributed by atoms with Gasteiger partial charge in [-0.25, -0.2) is 0 Å². The molecule has 0 radical (unpaired) electrons. The number of pyridine rings is 1. The van der Waals surface area contributed by atoms with Crippen LogP contribution < -0.4 is 0 Å². The molecule has 2 aliphatic heterocycles. The number of Topliss-reactive ketones (excluding diaryl/α,β-unsaturated/α-hetero) is 2. The van der Waals surface area contributed by atoms with Crippen LogP contribution in [0.2, 0.25) is 0 Å². The van der Waals surface area contributed by atoms with Crippen LogP contribution in [0.25, 0.3) is 0 Å². The highest BCUT2D eigenvalue weighted by Gasteiger charge is 2.29. The van der Waals surface area contributed by atoms with Crippen LogP contribution >= 0.6 is 0 Å². The molecule has 0 aliphatic carbocycles. The number of rotatable bonds is 9. The van der Waals surface area contributed by atoms with E-state index in [2.05, 4.69) is 9.88 Å². The summed E-state index contributed by atoms with van der Waals surface area (Å²) in [6.45, 7) is 5.72. The highest BCUT2D eigenvalue weighted by molar-refractivity contribution is 5.99. The van der Waals surface area contributed by atoms with Gasteiger partial charge in [0.2, 0.25) is 0 Å². The highest BCUT2D eigenvalue weighted by Crippen LogP contribution is 2.25. The van der Waals surface area contributed by atoms with Gasteiger partial charge in [-0.15, -0.1) is 0 Å². The summed E-state index contributed by atoms with van der Waals surface area (Å²) in [6.07, 6.45) is 5.19. The molecule has 44 heavy (non-hydrogen) atoms. The van der Waals surface area contributed by atoms with Crippen LogP contribution in [0.5, 0.6) is 0 Å². The number of aromatic nitrogens is 1. The fourth-order valence-corrected chi connectivity index (χ4v) is 6.14. The smallest absolute Gasteiger partial charge is 0.272 e. The third-order valence-corrected chi connectivity index (χ3v) is 8.99. The van der Waals surface area contributed by atoms with Gasteiger partial charge in [0.15, 0.2) is 11.6 Å². The van der Waals surface area contributed by atoms with Crippen molar-refractivity contribution in [3.8, 4) is 0 Å². The van der Waals surface area contributed by atoms with Crippen molar-refractivity contribution >= 4 is 23.4 Å². The standard InChI is InChI=1S/C36H42N4O4/c1-25-4-8-28(9-5-25)34(42)29-16-20-40(21-17-29)36(44)32-13-12-31(23-37-32)33(41)22-26-14-18-39(19-15-26)24-27-6-10-30(11-7-27)35(43)38(2)3/h4-13,23,26,29H,14-22,24H2,1-3H3. The summed E-state index contributed by atoms with van der Waals surface area (Å²) in [6, 6.07) is 18.8. The molecule has 2 aromatic carbocycles. The first kappa shape index (κ1) is 31.3. The quantitative estimate of drug-likeness (QED) is 0.312. The normalized spacial score (nSPS) is 16.5. The van der Waals surface area contributed by atoms with Crippen LogP contribution in [0.1, 0.15) is 84.8 Å². The third kappa shape index (κ3) is 7.66. The Morgan fingerprint density at radius 2 is 1.39 bits per heavy atom. The first-order valence-electron chi connectivity index (χ1n) is 15.6. The number of nitrogens with zero attached hydrogens (tertiary/aromatic N) is 4. The van der Waals surface area contributed by atoms with E-state index in [1.54, 1.807) is 36.0 Å². The van der Waals surface area contributed by atoms with Crippen molar-refractivity contribution in [1.29, 1.82) is 0 Å². The minimum atomic E-state index is -0.156. The van der Waals surface area contributed by atoms with Gasteiger partial charge in [-0.05, 0) is 81.4 Å². The number of amides is 2. The van der Waals surface area contributed by atoms with Crippen LogP contribution in [0, 0.1) is 18.8 Å². The van der Waals surface area contributed by atoms with Gasteiger partial charge >= 0.3 is 0 Å². The summed E-state index contributed by atoms with van der Waals surface area (Å²) >= 11 is 0. The summed E-state index contributed by atoms with van der Waals surface area (Å²) in [5.74, 6) is 0.301. The Balaban J connectivity index is 1.05. The summed E-state index contributed by atoms with van der Waals surface area (Å²) in [5.41, 5.74) is 4.59. The molecule has 5 rings (SSSR count). The van der Waals surface area contributed by atoms with Crippen molar-refractivity contribution in [2.45, 2.75) is 45.6 Å². The van der Waals surface area contributed by atoms with E-state index in [0.717, 1.165) is 43.6 Å². The van der Waals surface area contributed by atoms with Gasteiger partial charge in [0.1, 0.15) is 5.69 Å². The molecule has 0 atom stereocenters. The zero-order chi connectivity index (χ0) is 31.2. The Morgan fingerprint density at radius 3 is 1.98 bits per heavy atom. The molecular formula is C36H42N4O4. The molecule has 3 aromatic rings. The fourth-order valence-electron chi connectivity index (χ4n) is 6.14. The van der Waals surface area contributed by atoms with Crippen molar-refractivity contribution in [3.05, 3.63) is 100 Å². The third-order valence-electron chi connectivity index (χ3n) is 8.99. The summed E-state index contributed by atoms with van der Waals surface area (Å²) in [7, 11) is 3.50. The number of hydrogen-bond acceptors (Lipinski definition) is 6.